The highest BCUT2D eigenvalue weighted by Crippen LogP contribution is 2.18. The maximum absolute atomic E-state index is 12.1. The molecule has 0 spiro atoms. The van der Waals surface area contributed by atoms with Gasteiger partial charge in [-0.3, -0.25) is 14.9 Å². The van der Waals surface area contributed by atoms with Gasteiger partial charge < -0.3 is 15.8 Å². The monoisotopic (exact) mass is 279 g/mol. The lowest BCUT2D eigenvalue weighted by Gasteiger charge is -2.31. The average molecular weight is 279 g/mol. The highest BCUT2D eigenvalue weighted by Gasteiger charge is 2.35. The van der Waals surface area contributed by atoms with Crippen LogP contribution in [0.4, 0.5) is 5.69 Å². The first-order chi connectivity index (χ1) is 9.51. The summed E-state index contributed by atoms with van der Waals surface area (Å²) in [7, 11) is 0. The molecule has 0 aromatic heterocycles. The van der Waals surface area contributed by atoms with Crippen LogP contribution in [0.15, 0.2) is 24.3 Å². The van der Waals surface area contributed by atoms with Crippen LogP contribution in [0.2, 0.25) is 0 Å². The normalized spacial score (nSPS) is 17.4. The van der Waals surface area contributed by atoms with Crippen LogP contribution in [0.1, 0.15) is 18.4 Å². The van der Waals surface area contributed by atoms with Gasteiger partial charge >= 0.3 is 0 Å². The number of amides is 1. The van der Waals surface area contributed by atoms with E-state index in [-0.39, 0.29) is 18.1 Å². The third kappa shape index (κ3) is 3.31. The Morgan fingerprint density at radius 1 is 1.45 bits per heavy atom. The minimum absolute atomic E-state index is 0.00489. The second-order valence-electron chi connectivity index (χ2n) is 4.88. The summed E-state index contributed by atoms with van der Waals surface area (Å²) in [5.74, 6) is -0.243. The largest absolute Gasteiger partial charge is 0.381 e. The average Bonchev–Trinajstić information content (AvgIpc) is 2.45. The standard InChI is InChI=1S/C13H17N3O4/c14-13(4-6-20-7-5-13)12(17)15-9-10-2-1-3-11(8-10)16(18)19/h1-3,8H,4-7,9,14H2,(H,15,17). The molecule has 1 fully saturated rings. The van der Waals surface area contributed by atoms with Crippen molar-refractivity contribution in [2.24, 2.45) is 5.73 Å². The Kier molecular flexibility index (Phi) is 4.31. The Balaban J connectivity index is 1.96. The molecule has 1 aromatic carbocycles. The number of carbonyl (C=O) groups excluding carboxylic acids is 1. The number of nitro benzene ring substituents is 1. The molecule has 1 aliphatic heterocycles. The van der Waals surface area contributed by atoms with Gasteiger partial charge in [-0.1, -0.05) is 12.1 Å². The molecule has 0 radical (unpaired) electrons. The summed E-state index contributed by atoms with van der Waals surface area (Å²) in [6.07, 6.45) is 0.960. The topological polar surface area (TPSA) is 107 Å². The first kappa shape index (κ1) is 14.4. The molecule has 0 bridgehead atoms. The van der Waals surface area contributed by atoms with Gasteiger partial charge in [0.1, 0.15) is 0 Å². The molecule has 20 heavy (non-hydrogen) atoms. The molecule has 1 amide bonds. The zero-order valence-corrected chi connectivity index (χ0v) is 11.0. The van der Waals surface area contributed by atoms with Crippen LogP contribution >= 0.6 is 0 Å². The van der Waals surface area contributed by atoms with Gasteiger partial charge in [-0.2, -0.15) is 0 Å². The van der Waals surface area contributed by atoms with Crippen LogP contribution in [0.5, 0.6) is 0 Å². The van der Waals surface area contributed by atoms with E-state index in [2.05, 4.69) is 5.32 Å². The Morgan fingerprint density at radius 2 is 2.15 bits per heavy atom. The number of hydrogen-bond acceptors (Lipinski definition) is 5. The number of hydrogen-bond donors (Lipinski definition) is 2. The molecule has 1 aromatic rings. The molecule has 0 saturated carbocycles. The van der Waals surface area contributed by atoms with E-state index < -0.39 is 10.5 Å². The second kappa shape index (κ2) is 5.98. The summed E-state index contributed by atoms with van der Waals surface area (Å²) in [4.78, 5) is 22.3. The minimum Gasteiger partial charge on any atom is -0.381 e. The Hall–Kier alpha value is -1.99. The molecule has 1 heterocycles. The van der Waals surface area contributed by atoms with Crippen molar-refractivity contribution in [2.45, 2.75) is 24.9 Å². The minimum atomic E-state index is -0.904. The van der Waals surface area contributed by atoms with Gasteiger partial charge in [0.25, 0.3) is 5.69 Å². The van der Waals surface area contributed by atoms with E-state index in [0.29, 0.717) is 31.6 Å². The smallest absolute Gasteiger partial charge is 0.269 e. The number of nitro groups is 1. The molecule has 2 rings (SSSR count). The van der Waals surface area contributed by atoms with Gasteiger partial charge in [-0.25, -0.2) is 0 Å². The van der Waals surface area contributed by atoms with E-state index in [1.807, 2.05) is 0 Å². The van der Waals surface area contributed by atoms with E-state index in [9.17, 15) is 14.9 Å². The zero-order valence-electron chi connectivity index (χ0n) is 11.0. The summed E-state index contributed by atoms with van der Waals surface area (Å²) < 4.78 is 5.18. The number of rotatable bonds is 4. The molecule has 7 heteroatoms. The van der Waals surface area contributed by atoms with E-state index in [1.54, 1.807) is 12.1 Å². The van der Waals surface area contributed by atoms with Crippen molar-refractivity contribution in [1.29, 1.82) is 0 Å². The quantitative estimate of drug-likeness (QED) is 0.623. The molecule has 108 valence electrons. The van der Waals surface area contributed by atoms with E-state index in [1.165, 1.54) is 12.1 Å². The Bertz CT molecular complexity index is 512. The van der Waals surface area contributed by atoms with Crippen molar-refractivity contribution in [3.05, 3.63) is 39.9 Å². The lowest BCUT2D eigenvalue weighted by Crippen LogP contribution is -2.56. The van der Waals surface area contributed by atoms with Gasteiger partial charge in [0, 0.05) is 31.9 Å². The first-order valence-electron chi connectivity index (χ1n) is 6.39. The van der Waals surface area contributed by atoms with Crippen LogP contribution in [-0.2, 0) is 16.1 Å². The van der Waals surface area contributed by atoms with Gasteiger partial charge in [-0.15, -0.1) is 0 Å². The van der Waals surface area contributed by atoms with Crippen LogP contribution in [0, 0.1) is 10.1 Å². The van der Waals surface area contributed by atoms with Gasteiger partial charge in [0.05, 0.1) is 10.5 Å². The Labute approximate surface area is 116 Å². The molecule has 0 unspecified atom stereocenters. The fraction of sp³-hybridized carbons (Fsp3) is 0.462. The van der Waals surface area contributed by atoms with Crippen molar-refractivity contribution in [3.8, 4) is 0 Å². The predicted octanol–water partition coefficient (Wildman–Crippen LogP) is 0.719. The summed E-state index contributed by atoms with van der Waals surface area (Å²) in [6, 6.07) is 6.16. The van der Waals surface area contributed by atoms with E-state index >= 15 is 0 Å². The predicted molar refractivity (Wildman–Crippen MR) is 71.9 cm³/mol. The molecular formula is C13H17N3O4. The molecule has 0 atom stereocenters. The SMILES string of the molecule is NC1(C(=O)NCc2cccc([N+](=O)[O-])c2)CCOCC1. The summed E-state index contributed by atoms with van der Waals surface area (Å²) >= 11 is 0. The van der Waals surface area contributed by atoms with Crippen LogP contribution < -0.4 is 11.1 Å². The first-order valence-corrected chi connectivity index (χ1v) is 6.39. The number of nitrogens with zero attached hydrogens (tertiary/aromatic N) is 1. The molecule has 7 nitrogen and oxygen atoms in total. The molecule has 0 aliphatic carbocycles. The number of ether oxygens (including phenoxy) is 1. The zero-order chi connectivity index (χ0) is 14.6. The third-order valence-corrected chi connectivity index (χ3v) is 3.41. The number of carbonyl (C=O) groups is 1. The van der Waals surface area contributed by atoms with Crippen LogP contribution in [0.25, 0.3) is 0 Å². The lowest BCUT2D eigenvalue weighted by atomic mass is 9.90. The number of nitrogens with two attached hydrogens (primary N) is 1. The van der Waals surface area contributed by atoms with Crippen molar-refractivity contribution in [2.75, 3.05) is 13.2 Å². The van der Waals surface area contributed by atoms with Crippen LogP contribution in [-0.4, -0.2) is 29.6 Å². The summed E-state index contributed by atoms with van der Waals surface area (Å²) in [6.45, 7) is 1.17. The number of benzene rings is 1. The van der Waals surface area contributed by atoms with Crippen molar-refractivity contribution in [3.63, 3.8) is 0 Å². The maximum atomic E-state index is 12.1. The highest BCUT2D eigenvalue weighted by molar-refractivity contribution is 5.86. The Morgan fingerprint density at radius 3 is 2.80 bits per heavy atom. The summed E-state index contributed by atoms with van der Waals surface area (Å²) in [5, 5.41) is 13.4. The maximum Gasteiger partial charge on any atom is 0.269 e. The van der Waals surface area contributed by atoms with Crippen molar-refractivity contribution in [1.82, 2.24) is 5.32 Å². The number of nitrogens with one attached hydrogen (secondary N) is 1. The summed E-state index contributed by atoms with van der Waals surface area (Å²) in [5.41, 5.74) is 5.82. The molecule has 3 N–H and O–H groups in total. The van der Waals surface area contributed by atoms with Crippen molar-refractivity contribution >= 4 is 11.6 Å². The van der Waals surface area contributed by atoms with Crippen molar-refractivity contribution < 1.29 is 14.5 Å². The van der Waals surface area contributed by atoms with Crippen LogP contribution in [0.3, 0.4) is 0 Å². The number of non-ortho nitro benzene ring substituents is 1. The van der Waals surface area contributed by atoms with Gasteiger partial charge in [0.2, 0.25) is 5.91 Å². The fourth-order valence-electron chi connectivity index (χ4n) is 2.10. The molecule has 1 aliphatic rings. The third-order valence-electron chi connectivity index (χ3n) is 3.41. The van der Waals surface area contributed by atoms with Gasteiger partial charge in [-0.05, 0) is 18.4 Å². The second-order valence-corrected chi connectivity index (χ2v) is 4.88. The molecule has 1 saturated heterocycles. The van der Waals surface area contributed by atoms with Gasteiger partial charge in [0.15, 0.2) is 0 Å². The fourth-order valence-corrected chi connectivity index (χ4v) is 2.10. The molecular weight excluding hydrogens is 262 g/mol. The van der Waals surface area contributed by atoms with E-state index in [0.717, 1.165) is 0 Å². The lowest BCUT2D eigenvalue weighted by molar-refractivity contribution is -0.384. The van der Waals surface area contributed by atoms with E-state index in [4.69, 9.17) is 10.5 Å². The highest BCUT2D eigenvalue weighted by atomic mass is 16.6.